The minimum Gasteiger partial charge on any atom is -0.394 e. The molecule has 0 aliphatic carbocycles. The van der Waals surface area contributed by atoms with E-state index in [1.165, 1.54) is 5.56 Å². The number of aliphatic hydroxyl groups is 1. The van der Waals surface area contributed by atoms with E-state index in [-0.39, 0.29) is 18.1 Å². The lowest BCUT2D eigenvalue weighted by Gasteiger charge is -2.39. The number of nitrogens with zero attached hydrogens (tertiary/aromatic N) is 1. The van der Waals surface area contributed by atoms with Crippen LogP contribution in [0.5, 0.6) is 0 Å². The van der Waals surface area contributed by atoms with Crippen molar-refractivity contribution >= 4 is 0 Å². The Bertz CT molecular complexity index is 399. The van der Waals surface area contributed by atoms with E-state index in [1.807, 2.05) is 7.05 Å². The molecule has 1 aromatic carbocycles. The third-order valence-electron chi connectivity index (χ3n) is 4.04. The molecular weight excluding hydrogens is 252 g/mol. The van der Waals surface area contributed by atoms with Crippen molar-refractivity contribution in [3.63, 3.8) is 0 Å². The number of morpholine rings is 1. The predicted molar refractivity (Wildman–Crippen MR) is 81.0 cm³/mol. The molecule has 0 spiro atoms. The standard InChI is InChI=1S/C16H26N2O2/c1-16(12-17-2,14-6-4-3-5-7-14)13-18-8-9-20-15(10-18)11-19/h3-7,15,17,19H,8-13H2,1-2H3. The molecule has 0 amide bonds. The molecule has 2 atom stereocenters. The van der Waals surface area contributed by atoms with Crippen LogP contribution >= 0.6 is 0 Å². The molecule has 1 saturated heterocycles. The lowest BCUT2D eigenvalue weighted by molar-refractivity contribution is -0.0572. The summed E-state index contributed by atoms with van der Waals surface area (Å²) in [5.41, 5.74) is 1.41. The third kappa shape index (κ3) is 3.79. The largest absolute Gasteiger partial charge is 0.394 e. The fourth-order valence-corrected chi connectivity index (χ4v) is 3.01. The molecule has 2 unspecified atom stereocenters. The molecule has 1 aliphatic heterocycles. The number of nitrogens with one attached hydrogen (secondary N) is 1. The molecule has 20 heavy (non-hydrogen) atoms. The summed E-state index contributed by atoms with van der Waals surface area (Å²) in [5, 5.41) is 12.6. The zero-order valence-corrected chi connectivity index (χ0v) is 12.5. The second-order valence-electron chi connectivity index (χ2n) is 5.87. The molecular formula is C16H26N2O2. The maximum atomic E-state index is 9.26. The predicted octanol–water partition coefficient (Wildman–Crippen LogP) is 0.857. The fraction of sp³-hybridized carbons (Fsp3) is 0.625. The normalized spacial score (nSPS) is 23.4. The van der Waals surface area contributed by atoms with Crippen LogP contribution in [0, 0.1) is 0 Å². The summed E-state index contributed by atoms with van der Waals surface area (Å²) in [6.07, 6.45) is -0.0432. The van der Waals surface area contributed by atoms with Crippen molar-refractivity contribution in [1.29, 1.82) is 0 Å². The summed E-state index contributed by atoms with van der Waals surface area (Å²) in [4.78, 5) is 2.40. The van der Waals surface area contributed by atoms with E-state index in [2.05, 4.69) is 47.5 Å². The first-order chi connectivity index (χ1) is 9.68. The van der Waals surface area contributed by atoms with Gasteiger partial charge < -0.3 is 15.2 Å². The molecule has 2 rings (SSSR count). The zero-order chi connectivity index (χ0) is 14.4. The Balaban J connectivity index is 2.09. The summed E-state index contributed by atoms with van der Waals surface area (Å²) < 4.78 is 5.53. The van der Waals surface area contributed by atoms with E-state index >= 15 is 0 Å². The average Bonchev–Trinajstić information content (AvgIpc) is 2.48. The molecule has 4 heteroatoms. The van der Waals surface area contributed by atoms with Gasteiger partial charge in [-0.1, -0.05) is 37.3 Å². The maximum absolute atomic E-state index is 9.26. The van der Waals surface area contributed by atoms with E-state index in [4.69, 9.17) is 4.74 Å². The minimum atomic E-state index is -0.0432. The molecule has 4 nitrogen and oxygen atoms in total. The van der Waals surface area contributed by atoms with Crippen molar-refractivity contribution in [2.24, 2.45) is 0 Å². The summed E-state index contributed by atoms with van der Waals surface area (Å²) in [6.45, 7) is 6.74. The Morgan fingerprint density at radius 2 is 2.15 bits per heavy atom. The van der Waals surface area contributed by atoms with Gasteiger partial charge in [-0.15, -0.1) is 0 Å². The minimum absolute atomic E-state index is 0.0432. The molecule has 1 heterocycles. The lowest BCUT2D eigenvalue weighted by atomic mass is 9.81. The van der Waals surface area contributed by atoms with Gasteiger partial charge in [0.05, 0.1) is 19.3 Å². The van der Waals surface area contributed by atoms with Crippen LogP contribution < -0.4 is 5.32 Å². The second kappa shape index (κ2) is 7.18. The van der Waals surface area contributed by atoms with E-state index in [1.54, 1.807) is 0 Å². The van der Waals surface area contributed by atoms with Gasteiger partial charge in [-0.3, -0.25) is 4.90 Å². The first-order valence-electron chi connectivity index (χ1n) is 7.33. The highest BCUT2D eigenvalue weighted by Gasteiger charge is 2.31. The number of hydrogen-bond acceptors (Lipinski definition) is 4. The van der Waals surface area contributed by atoms with Crippen molar-refractivity contribution in [3.05, 3.63) is 35.9 Å². The van der Waals surface area contributed by atoms with Crippen LogP contribution in [0.25, 0.3) is 0 Å². The van der Waals surface area contributed by atoms with Gasteiger partial charge in [0.25, 0.3) is 0 Å². The molecule has 0 radical (unpaired) electrons. The van der Waals surface area contributed by atoms with Crippen molar-refractivity contribution < 1.29 is 9.84 Å². The molecule has 0 saturated carbocycles. The Morgan fingerprint density at radius 1 is 1.40 bits per heavy atom. The van der Waals surface area contributed by atoms with Crippen LogP contribution in [0.1, 0.15) is 12.5 Å². The van der Waals surface area contributed by atoms with Crippen LogP contribution in [0.4, 0.5) is 0 Å². The van der Waals surface area contributed by atoms with E-state index in [0.29, 0.717) is 6.61 Å². The Labute approximate surface area is 121 Å². The van der Waals surface area contributed by atoms with Gasteiger partial charge in [-0.25, -0.2) is 0 Å². The van der Waals surface area contributed by atoms with Crippen LogP contribution in [0.15, 0.2) is 30.3 Å². The summed E-state index contributed by atoms with van der Waals surface area (Å²) >= 11 is 0. The molecule has 1 aliphatic rings. The number of aliphatic hydroxyl groups excluding tert-OH is 1. The average molecular weight is 278 g/mol. The summed E-state index contributed by atoms with van der Waals surface area (Å²) in [7, 11) is 2.00. The van der Waals surface area contributed by atoms with Crippen molar-refractivity contribution in [2.75, 3.05) is 46.4 Å². The van der Waals surface area contributed by atoms with Gasteiger partial charge in [-0.05, 0) is 12.6 Å². The third-order valence-corrected chi connectivity index (χ3v) is 4.04. The van der Waals surface area contributed by atoms with Gasteiger partial charge in [0.2, 0.25) is 0 Å². The Hall–Kier alpha value is -0.940. The van der Waals surface area contributed by atoms with E-state index < -0.39 is 0 Å². The molecule has 112 valence electrons. The molecule has 1 aromatic rings. The number of hydrogen-bond donors (Lipinski definition) is 2. The van der Waals surface area contributed by atoms with Crippen molar-refractivity contribution in [1.82, 2.24) is 10.2 Å². The van der Waals surface area contributed by atoms with Crippen LogP contribution in [0.2, 0.25) is 0 Å². The highest BCUT2D eigenvalue weighted by molar-refractivity contribution is 5.25. The first-order valence-corrected chi connectivity index (χ1v) is 7.33. The van der Waals surface area contributed by atoms with E-state index in [9.17, 15) is 5.11 Å². The number of likely N-dealkylation sites (N-methyl/N-ethyl adjacent to an activating group) is 1. The van der Waals surface area contributed by atoms with Gasteiger partial charge in [-0.2, -0.15) is 0 Å². The lowest BCUT2D eigenvalue weighted by Crippen LogP contribution is -2.51. The maximum Gasteiger partial charge on any atom is 0.0932 e. The van der Waals surface area contributed by atoms with Crippen molar-refractivity contribution in [3.8, 4) is 0 Å². The molecule has 0 bridgehead atoms. The smallest absolute Gasteiger partial charge is 0.0932 e. The van der Waals surface area contributed by atoms with Gasteiger partial charge in [0.15, 0.2) is 0 Å². The Morgan fingerprint density at radius 3 is 2.80 bits per heavy atom. The molecule has 0 aromatic heterocycles. The highest BCUT2D eigenvalue weighted by Crippen LogP contribution is 2.25. The van der Waals surface area contributed by atoms with Gasteiger partial charge in [0, 0.05) is 31.6 Å². The SMILES string of the molecule is CNCC(C)(CN1CCOC(CO)C1)c1ccccc1. The topological polar surface area (TPSA) is 44.7 Å². The first kappa shape index (κ1) is 15.4. The van der Waals surface area contributed by atoms with E-state index in [0.717, 1.165) is 26.2 Å². The highest BCUT2D eigenvalue weighted by atomic mass is 16.5. The van der Waals surface area contributed by atoms with Crippen LogP contribution in [-0.4, -0.2) is 62.6 Å². The number of benzene rings is 1. The molecule has 2 N–H and O–H groups in total. The van der Waals surface area contributed by atoms with Crippen LogP contribution in [0.3, 0.4) is 0 Å². The fourth-order valence-electron chi connectivity index (χ4n) is 3.01. The zero-order valence-electron chi connectivity index (χ0n) is 12.5. The monoisotopic (exact) mass is 278 g/mol. The quantitative estimate of drug-likeness (QED) is 0.810. The van der Waals surface area contributed by atoms with Gasteiger partial charge in [0.1, 0.15) is 0 Å². The summed E-state index contributed by atoms with van der Waals surface area (Å²) in [5.74, 6) is 0. The number of ether oxygens (including phenoxy) is 1. The number of rotatable bonds is 6. The molecule has 1 fully saturated rings. The second-order valence-corrected chi connectivity index (χ2v) is 5.87. The van der Waals surface area contributed by atoms with Gasteiger partial charge >= 0.3 is 0 Å². The summed E-state index contributed by atoms with van der Waals surface area (Å²) in [6, 6.07) is 10.6. The van der Waals surface area contributed by atoms with Crippen molar-refractivity contribution in [2.45, 2.75) is 18.4 Å². The van der Waals surface area contributed by atoms with Crippen LogP contribution in [-0.2, 0) is 10.2 Å². The Kier molecular flexibility index (Phi) is 5.54.